The highest BCUT2D eigenvalue weighted by Gasteiger charge is 2.59. The van der Waals surface area contributed by atoms with Gasteiger partial charge in [0.15, 0.2) is 5.69 Å². The molecule has 1 aromatic carbocycles. The van der Waals surface area contributed by atoms with Gasteiger partial charge in [-0.1, -0.05) is 35.9 Å². The van der Waals surface area contributed by atoms with Gasteiger partial charge in [-0.15, -0.1) is 0 Å². The molecule has 31 heavy (non-hydrogen) atoms. The van der Waals surface area contributed by atoms with E-state index in [1.165, 1.54) is 4.90 Å². The number of imide groups is 1. The Morgan fingerprint density at radius 2 is 2.00 bits per heavy atom. The summed E-state index contributed by atoms with van der Waals surface area (Å²) in [5.41, 5.74) is 2.27. The Bertz CT molecular complexity index is 1220. The zero-order valence-electron chi connectivity index (χ0n) is 16.5. The first-order valence-corrected chi connectivity index (χ1v) is 10.3. The summed E-state index contributed by atoms with van der Waals surface area (Å²) in [6, 6.07) is 13.8. The van der Waals surface area contributed by atoms with Crippen molar-refractivity contribution in [3.63, 3.8) is 0 Å². The Kier molecular flexibility index (Phi) is 4.53. The number of halogens is 1. The van der Waals surface area contributed by atoms with Gasteiger partial charge in [0.25, 0.3) is 5.91 Å². The summed E-state index contributed by atoms with van der Waals surface area (Å²) in [6.07, 6.45) is 3.56. The highest BCUT2D eigenvalue weighted by molar-refractivity contribution is 6.30. The quantitative estimate of drug-likeness (QED) is 0.365. The molecule has 2 fully saturated rings. The summed E-state index contributed by atoms with van der Waals surface area (Å²) >= 11 is 6.24. The molecule has 0 saturated carbocycles. The van der Waals surface area contributed by atoms with Crippen molar-refractivity contribution >= 4 is 34.9 Å². The molecular weight excluding hydrogens is 414 g/mol. The number of nitrogens with one attached hydrogen (secondary N) is 1. The number of benzene rings is 1. The van der Waals surface area contributed by atoms with Crippen molar-refractivity contribution < 1.29 is 9.59 Å². The number of aromatic amines is 1. The average Bonchev–Trinajstić information content (AvgIpc) is 3.48. The zero-order chi connectivity index (χ0) is 21.6. The molecule has 3 aromatic rings. The van der Waals surface area contributed by atoms with E-state index in [9.17, 15) is 9.59 Å². The standard InChI is InChI=1S/C23H18ClN5O2/c1-25-16-7-5-15(6-8-16)14-23-9-3-11-28(23)22(31)29(21(23)30)17-12-19(27-20(24)13-17)18-4-2-10-26-18/h2,4-8,10,12-13,26H,3,9,11,14H2. The van der Waals surface area contributed by atoms with Crippen LogP contribution in [0, 0.1) is 6.57 Å². The van der Waals surface area contributed by atoms with E-state index in [0.717, 1.165) is 17.7 Å². The van der Waals surface area contributed by atoms with E-state index in [0.29, 0.717) is 36.5 Å². The summed E-state index contributed by atoms with van der Waals surface area (Å²) in [5.74, 6) is -0.246. The van der Waals surface area contributed by atoms with Crippen molar-refractivity contribution in [2.24, 2.45) is 0 Å². The van der Waals surface area contributed by atoms with Crippen LogP contribution in [-0.2, 0) is 11.2 Å². The number of amides is 3. The van der Waals surface area contributed by atoms with Gasteiger partial charge in [0.05, 0.1) is 23.6 Å². The SMILES string of the molecule is [C-]#[N+]c1ccc(CC23CCCN2C(=O)N(c2cc(Cl)nc(-c4ccc[nH]4)c2)C3=O)cc1. The lowest BCUT2D eigenvalue weighted by Gasteiger charge is -2.28. The molecule has 5 rings (SSSR count). The molecule has 2 aromatic heterocycles. The molecule has 0 aliphatic carbocycles. The maximum Gasteiger partial charge on any atom is 0.332 e. The molecule has 4 heterocycles. The number of pyridine rings is 1. The molecule has 0 radical (unpaired) electrons. The van der Waals surface area contributed by atoms with Crippen LogP contribution in [0.4, 0.5) is 16.2 Å². The molecule has 8 heteroatoms. The summed E-state index contributed by atoms with van der Waals surface area (Å²) in [6.45, 7) is 7.65. The largest absolute Gasteiger partial charge is 0.360 e. The van der Waals surface area contributed by atoms with Gasteiger partial charge in [0.2, 0.25) is 0 Å². The van der Waals surface area contributed by atoms with Crippen molar-refractivity contribution in [1.82, 2.24) is 14.9 Å². The Balaban J connectivity index is 1.53. The number of hydrogen-bond donors (Lipinski definition) is 1. The van der Waals surface area contributed by atoms with Crippen molar-refractivity contribution in [2.45, 2.75) is 24.8 Å². The fraction of sp³-hybridized carbons (Fsp3) is 0.217. The zero-order valence-corrected chi connectivity index (χ0v) is 17.3. The van der Waals surface area contributed by atoms with Gasteiger partial charge in [-0.25, -0.2) is 19.5 Å². The first kappa shape index (κ1) is 19.3. The number of hydrogen-bond acceptors (Lipinski definition) is 3. The molecule has 7 nitrogen and oxygen atoms in total. The molecule has 1 atom stereocenters. The fourth-order valence-corrected chi connectivity index (χ4v) is 4.75. The molecular formula is C23H18ClN5O2. The van der Waals surface area contributed by atoms with Gasteiger partial charge >= 0.3 is 6.03 Å². The number of fused-ring (bicyclic) bond motifs is 1. The number of H-pyrrole nitrogens is 1. The van der Waals surface area contributed by atoms with Gasteiger partial charge in [-0.2, -0.15) is 0 Å². The predicted molar refractivity (Wildman–Crippen MR) is 117 cm³/mol. The molecule has 1 unspecified atom stereocenters. The number of carbonyl (C=O) groups excluding carboxylic acids is 2. The first-order chi connectivity index (χ1) is 15.0. The number of anilines is 1. The molecule has 2 saturated heterocycles. The van der Waals surface area contributed by atoms with E-state index in [2.05, 4.69) is 14.8 Å². The van der Waals surface area contributed by atoms with Crippen LogP contribution < -0.4 is 4.90 Å². The summed E-state index contributed by atoms with van der Waals surface area (Å²) in [5, 5.41) is 0.207. The van der Waals surface area contributed by atoms with Gasteiger partial charge in [0.1, 0.15) is 10.7 Å². The number of rotatable bonds is 4. The monoisotopic (exact) mass is 431 g/mol. The van der Waals surface area contributed by atoms with Crippen molar-refractivity contribution in [2.75, 3.05) is 11.4 Å². The maximum atomic E-state index is 13.7. The molecule has 0 spiro atoms. The second kappa shape index (κ2) is 7.25. The van der Waals surface area contributed by atoms with E-state index in [-0.39, 0.29) is 17.1 Å². The minimum atomic E-state index is -0.918. The van der Waals surface area contributed by atoms with Gasteiger partial charge in [0, 0.05) is 19.2 Å². The minimum Gasteiger partial charge on any atom is -0.360 e. The topological polar surface area (TPSA) is 73.7 Å². The highest BCUT2D eigenvalue weighted by atomic mass is 35.5. The lowest BCUT2D eigenvalue weighted by Crippen LogP contribution is -2.47. The summed E-state index contributed by atoms with van der Waals surface area (Å²) in [4.78, 5) is 40.7. The fourth-order valence-electron chi connectivity index (χ4n) is 4.55. The second-order valence-corrected chi connectivity index (χ2v) is 8.17. The van der Waals surface area contributed by atoms with E-state index < -0.39 is 5.54 Å². The number of urea groups is 1. The van der Waals surface area contributed by atoms with Crippen LogP contribution in [-0.4, -0.2) is 38.9 Å². The molecule has 3 amide bonds. The first-order valence-electron chi connectivity index (χ1n) is 9.96. The number of aromatic nitrogens is 2. The van der Waals surface area contributed by atoms with E-state index >= 15 is 0 Å². The molecule has 2 aliphatic heterocycles. The van der Waals surface area contributed by atoms with Crippen LogP contribution in [0.25, 0.3) is 16.2 Å². The van der Waals surface area contributed by atoms with E-state index in [1.807, 2.05) is 24.3 Å². The van der Waals surface area contributed by atoms with Crippen LogP contribution >= 0.6 is 11.6 Å². The Labute approximate surface area is 184 Å². The average molecular weight is 432 g/mol. The van der Waals surface area contributed by atoms with Crippen molar-refractivity contribution in [3.8, 4) is 11.4 Å². The van der Waals surface area contributed by atoms with Crippen LogP contribution in [0.5, 0.6) is 0 Å². The summed E-state index contributed by atoms with van der Waals surface area (Å²) < 4.78 is 0. The van der Waals surface area contributed by atoms with Crippen LogP contribution in [0.15, 0.2) is 54.7 Å². The third kappa shape index (κ3) is 3.07. The molecule has 2 aliphatic rings. The van der Waals surface area contributed by atoms with Crippen LogP contribution in [0.3, 0.4) is 0 Å². The van der Waals surface area contributed by atoms with E-state index in [1.54, 1.807) is 35.4 Å². The van der Waals surface area contributed by atoms with Crippen molar-refractivity contribution in [3.05, 3.63) is 76.9 Å². The number of carbonyl (C=O) groups is 2. The van der Waals surface area contributed by atoms with E-state index in [4.69, 9.17) is 18.2 Å². The minimum absolute atomic E-state index is 0.207. The Hall–Kier alpha value is -3.63. The van der Waals surface area contributed by atoms with Crippen molar-refractivity contribution in [1.29, 1.82) is 0 Å². The van der Waals surface area contributed by atoms with Crippen LogP contribution in [0.1, 0.15) is 18.4 Å². The van der Waals surface area contributed by atoms with Gasteiger partial charge < -0.3 is 9.88 Å². The summed E-state index contributed by atoms with van der Waals surface area (Å²) in [7, 11) is 0. The molecule has 0 bridgehead atoms. The lowest BCUT2D eigenvalue weighted by atomic mass is 9.88. The third-order valence-electron chi connectivity index (χ3n) is 5.99. The third-order valence-corrected chi connectivity index (χ3v) is 6.18. The smallest absolute Gasteiger partial charge is 0.332 e. The Morgan fingerprint density at radius 1 is 1.19 bits per heavy atom. The molecule has 154 valence electrons. The molecule has 1 N–H and O–H groups in total. The Morgan fingerprint density at radius 3 is 2.71 bits per heavy atom. The highest BCUT2D eigenvalue weighted by Crippen LogP contribution is 2.43. The lowest BCUT2D eigenvalue weighted by molar-refractivity contribution is -0.123. The number of nitrogens with zero attached hydrogens (tertiary/aromatic N) is 4. The maximum absolute atomic E-state index is 13.7. The van der Waals surface area contributed by atoms with Gasteiger partial charge in [-0.05, 0) is 42.7 Å². The van der Waals surface area contributed by atoms with Gasteiger partial charge in [-0.3, -0.25) is 4.79 Å². The normalized spacial score (nSPS) is 20.3. The second-order valence-electron chi connectivity index (χ2n) is 7.78. The van der Waals surface area contributed by atoms with Crippen LogP contribution in [0.2, 0.25) is 5.15 Å². The predicted octanol–water partition coefficient (Wildman–Crippen LogP) is 4.82.